The van der Waals surface area contributed by atoms with E-state index < -0.39 is 10.0 Å². The first-order valence-electron chi connectivity index (χ1n) is 15.1. The Morgan fingerprint density at radius 1 is 0.951 bits per heavy atom. The molecule has 0 N–H and O–H groups in total. The maximum atomic E-state index is 13.4. The van der Waals surface area contributed by atoms with Crippen LogP contribution in [0.2, 0.25) is 0 Å². The standard InChI is InChI=1S/C32H37N3O5S/c33-18-30-29-14-11-25(40-21-27-4-2-16-39-27)17-31(29)34(19-22-5-6-22)32(30)23-7-9-24(10-8-23)35(20-26-3-1-15-38-26)41(36,37)28-12-13-28/h7-11,14,17,22,26-28H,1-6,12-13,15-16,19-21H2/t26?,27-/m1/s1. The molecule has 2 aliphatic heterocycles. The number of nitrogens with zero attached hydrogens (tertiary/aromatic N) is 3. The zero-order chi connectivity index (χ0) is 28.0. The number of ether oxygens (including phenoxy) is 3. The lowest BCUT2D eigenvalue weighted by atomic mass is 10.1. The summed E-state index contributed by atoms with van der Waals surface area (Å²) in [6.07, 6.45) is 7.80. The van der Waals surface area contributed by atoms with E-state index in [0.29, 0.717) is 49.8 Å². The first-order valence-corrected chi connectivity index (χ1v) is 16.6. The molecule has 8 nitrogen and oxygen atoms in total. The van der Waals surface area contributed by atoms with E-state index in [1.165, 1.54) is 12.8 Å². The van der Waals surface area contributed by atoms with Gasteiger partial charge in [0.1, 0.15) is 18.4 Å². The second-order valence-corrected chi connectivity index (χ2v) is 14.1. The molecule has 0 radical (unpaired) electrons. The van der Waals surface area contributed by atoms with Crippen LogP contribution in [-0.4, -0.2) is 56.8 Å². The summed E-state index contributed by atoms with van der Waals surface area (Å²) in [5, 5.41) is 10.9. The van der Waals surface area contributed by atoms with Gasteiger partial charge in [-0.15, -0.1) is 0 Å². The van der Waals surface area contributed by atoms with Crippen molar-refractivity contribution in [3.05, 3.63) is 48.0 Å². The van der Waals surface area contributed by atoms with Crippen molar-refractivity contribution in [1.82, 2.24) is 4.57 Å². The van der Waals surface area contributed by atoms with Crippen molar-refractivity contribution < 1.29 is 22.6 Å². The van der Waals surface area contributed by atoms with Crippen molar-refractivity contribution in [1.29, 1.82) is 5.26 Å². The van der Waals surface area contributed by atoms with Gasteiger partial charge in [0.25, 0.3) is 0 Å². The Balaban J connectivity index is 1.24. The Morgan fingerprint density at radius 3 is 2.32 bits per heavy atom. The molecule has 2 saturated carbocycles. The lowest BCUT2D eigenvalue weighted by molar-refractivity contribution is 0.0680. The Morgan fingerprint density at radius 2 is 1.68 bits per heavy atom. The third-order valence-electron chi connectivity index (χ3n) is 8.82. The molecule has 7 rings (SSSR count). The Labute approximate surface area is 241 Å². The molecule has 0 bridgehead atoms. The summed E-state index contributed by atoms with van der Waals surface area (Å²) < 4.78 is 48.3. The van der Waals surface area contributed by atoms with Crippen LogP contribution >= 0.6 is 0 Å². The van der Waals surface area contributed by atoms with E-state index in [1.807, 2.05) is 36.4 Å². The average molecular weight is 576 g/mol. The molecule has 3 heterocycles. The maximum Gasteiger partial charge on any atom is 0.238 e. The van der Waals surface area contributed by atoms with Crippen molar-refractivity contribution in [2.45, 2.75) is 75.4 Å². The molecule has 4 aliphatic rings. The van der Waals surface area contributed by atoms with Crippen LogP contribution in [0.25, 0.3) is 22.2 Å². The van der Waals surface area contributed by atoms with E-state index in [9.17, 15) is 13.7 Å². The zero-order valence-corrected chi connectivity index (χ0v) is 24.2. The molecule has 2 aliphatic carbocycles. The minimum Gasteiger partial charge on any atom is -0.491 e. The molecule has 2 atom stereocenters. The first-order chi connectivity index (χ1) is 20.0. The maximum absolute atomic E-state index is 13.4. The highest BCUT2D eigenvalue weighted by Gasteiger charge is 2.41. The number of aromatic nitrogens is 1. The van der Waals surface area contributed by atoms with E-state index >= 15 is 0 Å². The minimum atomic E-state index is -3.44. The first kappa shape index (κ1) is 26.8. The van der Waals surface area contributed by atoms with Crippen molar-refractivity contribution in [2.75, 3.05) is 30.7 Å². The van der Waals surface area contributed by atoms with Crippen molar-refractivity contribution in [3.63, 3.8) is 0 Å². The summed E-state index contributed by atoms with van der Waals surface area (Å²) in [6.45, 7) is 3.19. The third kappa shape index (κ3) is 5.45. The normalized spacial score (nSPS) is 22.7. The molecule has 41 heavy (non-hydrogen) atoms. The summed E-state index contributed by atoms with van der Waals surface area (Å²) in [5.74, 6) is 1.38. The van der Waals surface area contributed by atoms with Gasteiger partial charge in [-0.05, 0) is 87.1 Å². The van der Waals surface area contributed by atoms with E-state index in [1.54, 1.807) is 4.31 Å². The molecule has 2 saturated heterocycles. The SMILES string of the molecule is N#Cc1c(-c2ccc(N(CC3CCCO3)S(=O)(=O)C3CC3)cc2)n(CC2CC2)c2cc(OC[C@H]3CCCO3)ccc12. The highest BCUT2D eigenvalue weighted by Crippen LogP contribution is 2.41. The predicted octanol–water partition coefficient (Wildman–Crippen LogP) is 5.63. The van der Waals surface area contributed by atoms with Gasteiger partial charge in [0, 0.05) is 31.2 Å². The number of benzene rings is 2. The lowest BCUT2D eigenvalue weighted by Gasteiger charge is -2.27. The van der Waals surface area contributed by atoms with Crippen LogP contribution in [0.3, 0.4) is 0 Å². The Hall–Kier alpha value is -3.06. The second kappa shape index (κ2) is 11.0. The molecular weight excluding hydrogens is 538 g/mol. The van der Waals surface area contributed by atoms with Gasteiger partial charge in [0.2, 0.25) is 10.0 Å². The largest absolute Gasteiger partial charge is 0.491 e. The molecule has 1 aromatic heterocycles. The fourth-order valence-corrected chi connectivity index (χ4v) is 8.09. The number of hydrogen-bond donors (Lipinski definition) is 0. The quantitative estimate of drug-likeness (QED) is 0.294. The average Bonchev–Trinajstić information content (AvgIpc) is 3.87. The minimum absolute atomic E-state index is 0.0777. The van der Waals surface area contributed by atoms with Crippen LogP contribution in [-0.2, 0) is 26.0 Å². The number of nitriles is 1. The van der Waals surface area contributed by atoms with Crippen molar-refractivity contribution in [2.24, 2.45) is 5.92 Å². The van der Waals surface area contributed by atoms with Gasteiger partial charge >= 0.3 is 0 Å². The highest BCUT2D eigenvalue weighted by molar-refractivity contribution is 7.93. The van der Waals surface area contributed by atoms with Gasteiger partial charge in [-0.2, -0.15) is 5.26 Å². The van der Waals surface area contributed by atoms with Crippen molar-refractivity contribution >= 4 is 26.6 Å². The van der Waals surface area contributed by atoms with Gasteiger partial charge in [-0.25, -0.2) is 8.42 Å². The second-order valence-electron chi connectivity index (χ2n) is 12.0. The molecule has 1 unspecified atom stereocenters. The molecule has 0 spiro atoms. The molecule has 2 aromatic carbocycles. The van der Waals surface area contributed by atoms with Crippen LogP contribution in [0.1, 0.15) is 56.9 Å². The van der Waals surface area contributed by atoms with E-state index in [4.69, 9.17) is 14.2 Å². The van der Waals surface area contributed by atoms with Gasteiger partial charge in [-0.1, -0.05) is 12.1 Å². The van der Waals surface area contributed by atoms with E-state index in [-0.39, 0.29) is 17.5 Å². The van der Waals surface area contributed by atoms with Gasteiger partial charge < -0.3 is 18.8 Å². The Bertz CT molecular complexity index is 1560. The molecule has 3 aromatic rings. The molecule has 4 fully saturated rings. The Kier molecular flexibility index (Phi) is 7.18. The summed E-state index contributed by atoms with van der Waals surface area (Å²) in [4.78, 5) is 0. The number of rotatable bonds is 11. The fraction of sp³-hybridized carbons (Fsp3) is 0.531. The molecule has 9 heteroatoms. The molecule has 216 valence electrons. The summed E-state index contributed by atoms with van der Waals surface area (Å²) in [5.41, 5.74) is 4.08. The zero-order valence-electron chi connectivity index (χ0n) is 23.3. The van der Waals surface area contributed by atoms with Gasteiger partial charge in [0.15, 0.2) is 0 Å². The smallest absolute Gasteiger partial charge is 0.238 e. The summed E-state index contributed by atoms with van der Waals surface area (Å²) in [7, 11) is -3.44. The van der Waals surface area contributed by atoms with Crippen LogP contribution in [0.15, 0.2) is 42.5 Å². The number of sulfonamides is 1. The number of fused-ring (bicyclic) bond motifs is 1. The van der Waals surface area contributed by atoms with E-state index in [2.05, 4.69) is 16.7 Å². The van der Waals surface area contributed by atoms with Crippen molar-refractivity contribution in [3.8, 4) is 23.1 Å². The van der Waals surface area contributed by atoms with Gasteiger partial charge in [0.05, 0.1) is 46.5 Å². The van der Waals surface area contributed by atoms with Crippen LogP contribution in [0.4, 0.5) is 5.69 Å². The molecule has 0 amide bonds. The van der Waals surface area contributed by atoms with Crippen LogP contribution in [0.5, 0.6) is 5.75 Å². The third-order valence-corrected chi connectivity index (χ3v) is 11.1. The predicted molar refractivity (Wildman–Crippen MR) is 158 cm³/mol. The fourth-order valence-electron chi connectivity index (χ4n) is 6.21. The van der Waals surface area contributed by atoms with Crippen LogP contribution in [0, 0.1) is 17.2 Å². The number of hydrogen-bond acceptors (Lipinski definition) is 6. The van der Waals surface area contributed by atoms with E-state index in [0.717, 1.165) is 66.7 Å². The lowest BCUT2D eigenvalue weighted by Crippen LogP contribution is -2.39. The summed E-state index contributed by atoms with van der Waals surface area (Å²) in [6, 6.07) is 16.2. The summed E-state index contributed by atoms with van der Waals surface area (Å²) >= 11 is 0. The molecular formula is C32H37N3O5S. The van der Waals surface area contributed by atoms with Crippen LogP contribution < -0.4 is 9.04 Å². The monoisotopic (exact) mass is 575 g/mol. The topological polar surface area (TPSA) is 93.8 Å². The van der Waals surface area contributed by atoms with Gasteiger partial charge in [-0.3, -0.25) is 4.31 Å². The number of anilines is 1. The highest BCUT2D eigenvalue weighted by atomic mass is 32.2.